The summed E-state index contributed by atoms with van der Waals surface area (Å²) in [6.07, 6.45) is 13.2. The first kappa shape index (κ1) is 18.1. The summed E-state index contributed by atoms with van der Waals surface area (Å²) in [5.74, 6) is 0. The maximum atomic E-state index is 4.73. The normalized spacial score (nSPS) is 13.8. The Balaban J connectivity index is 5.59. The summed E-state index contributed by atoms with van der Waals surface area (Å²) in [6, 6.07) is 0. The molecule has 0 fully saturated rings. The van der Waals surface area contributed by atoms with Crippen LogP contribution in [0.15, 0.2) is 79.0 Å². The number of aliphatic imine (C=N–C) groups is 1. The van der Waals surface area contributed by atoms with E-state index in [0.29, 0.717) is 0 Å². The van der Waals surface area contributed by atoms with Crippen LogP contribution < -0.4 is 0 Å². The first-order valence-electron chi connectivity index (χ1n) is 6.88. The van der Waals surface area contributed by atoms with Crippen molar-refractivity contribution in [2.24, 2.45) is 10.4 Å². The minimum atomic E-state index is -0.0462. The smallest absolute Gasteiger partial charge is 0.0701 e. The van der Waals surface area contributed by atoms with Crippen LogP contribution in [0.1, 0.15) is 33.6 Å². The molecule has 0 amide bonds. The molecule has 0 unspecified atom stereocenters. The molecule has 0 rings (SSSR count). The van der Waals surface area contributed by atoms with Crippen LogP contribution in [-0.4, -0.2) is 5.71 Å². The van der Waals surface area contributed by atoms with E-state index >= 15 is 0 Å². The summed E-state index contributed by atoms with van der Waals surface area (Å²) in [7, 11) is 0. The molecule has 0 aliphatic heterocycles. The Morgan fingerprint density at radius 3 is 2.05 bits per heavy atom. The third kappa shape index (κ3) is 6.33. The van der Waals surface area contributed by atoms with E-state index in [1.54, 1.807) is 12.2 Å². The molecular weight excluding hydrogens is 242 g/mol. The molecule has 0 heterocycles. The van der Waals surface area contributed by atoms with E-state index in [1.807, 2.05) is 18.2 Å². The largest absolute Gasteiger partial charge is 0.252 e. The van der Waals surface area contributed by atoms with Gasteiger partial charge in [-0.25, -0.2) is 0 Å². The minimum Gasteiger partial charge on any atom is -0.252 e. The number of hydrogen-bond acceptors (Lipinski definition) is 1. The number of unbranched alkanes of at least 4 members (excludes halogenated alkanes) is 1. The lowest BCUT2D eigenvalue weighted by atomic mass is 9.89. The molecule has 0 saturated heterocycles. The van der Waals surface area contributed by atoms with Crippen molar-refractivity contribution in [1.82, 2.24) is 0 Å². The van der Waals surface area contributed by atoms with Gasteiger partial charge in [-0.3, -0.25) is 4.99 Å². The third-order valence-corrected chi connectivity index (χ3v) is 2.73. The molecule has 0 atom stereocenters. The van der Waals surface area contributed by atoms with Crippen LogP contribution in [0.5, 0.6) is 0 Å². The highest BCUT2D eigenvalue weighted by atomic mass is 14.8. The van der Waals surface area contributed by atoms with Gasteiger partial charge in [-0.05, 0) is 30.6 Å². The molecule has 0 bridgehead atoms. The molecule has 0 aliphatic rings. The van der Waals surface area contributed by atoms with Crippen LogP contribution >= 0.6 is 0 Å². The van der Waals surface area contributed by atoms with Gasteiger partial charge in [0, 0.05) is 11.1 Å². The highest BCUT2D eigenvalue weighted by Crippen LogP contribution is 2.22. The number of rotatable bonds is 8. The predicted octanol–water partition coefficient (Wildman–Crippen LogP) is 5.81. The molecule has 108 valence electrons. The summed E-state index contributed by atoms with van der Waals surface area (Å²) >= 11 is 0. The van der Waals surface area contributed by atoms with E-state index in [2.05, 4.69) is 53.2 Å². The van der Waals surface area contributed by atoms with Crippen molar-refractivity contribution in [2.45, 2.75) is 33.6 Å². The van der Waals surface area contributed by atoms with Crippen molar-refractivity contribution in [3.63, 3.8) is 0 Å². The van der Waals surface area contributed by atoms with Gasteiger partial charge in [0.2, 0.25) is 0 Å². The maximum Gasteiger partial charge on any atom is 0.0701 e. The fraction of sp³-hybridized carbons (Fsp3) is 0.316. The standard InChI is InChI=1S/C19H27N/c1-8-12-13-15-16(10-3)17(14-9-2)20-18(11-4)19(5,6)7/h8-11,14-15H,1-4,12-13H2,5-7H3/b16-15+,17-14-,20-18?. The second-order valence-corrected chi connectivity index (χ2v) is 5.47. The van der Waals surface area contributed by atoms with Crippen LogP contribution in [0.25, 0.3) is 0 Å². The van der Waals surface area contributed by atoms with Gasteiger partial charge in [-0.1, -0.05) is 64.8 Å². The molecule has 0 radical (unpaired) electrons. The molecule has 20 heavy (non-hydrogen) atoms. The van der Waals surface area contributed by atoms with E-state index in [0.717, 1.165) is 29.8 Å². The van der Waals surface area contributed by atoms with Gasteiger partial charge in [0.25, 0.3) is 0 Å². The minimum absolute atomic E-state index is 0.0462. The zero-order valence-corrected chi connectivity index (χ0v) is 13.2. The van der Waals surface area contributed by atoms with Gasteiger partial charge >= 0.3 is 0 Å². The third-order valence-electron chi connectivity index (χ3n) is 2.73. The van der Waals surface area contributed by atoms with Crippen LogP contribution in [0.4, 0.5) is 0 Å². The molecule has 0 spiro atoms. The average molecular weight is 269 g/mol. The van der Waals surface area contributed by atoms with E-state index in [-0.39, 0.29) is 5.41 Å². The molecular formula is C19H27N. The van der Waals surface area contributed by atoms with Gasteiger partial charge in [0.05, 0.1) is 5.70 Å². The fourth-order valence-corrected chi connectivity index (χ4v) is 1.61. The van der Waals surface area contributed by atoms with E-state index in [9.17, 15) is 0 Å². The number of hydrogen-bond donors (Lipinski definition) is 0. The zero-order chi connectivity index (χ0) is 15.6. The molecule has 0 aliphatic carbocycles. The van der Waals surface area contributed by atoms with Crippen LogP contribution in [-0.2, 0) is 0 Å². The van der Waals surface area contributed by atoms with Crippen molar-refractivity contribution in [3.05, 3.63) is 74.0 Å². The number of allylic oxidation sites excluding steroid dienone is 6. The lowest BCUT2D eigenvalue weighted by molar-refractivity contribution is 0.593. The Morgan fingerprint density at radius 2 is 1.65 bits per heavy atom. The fourth-order valence-electron chi connectivity index (χ4n) is 1.61. The van der Waals surface area contributed by atoms with Gasteiger partial charge in [-0.15, -0.1) is 6.58 Å². The molecule has 1 heteroatoms. The van der Waals surface area contributed by atoms with Crippen molar-refractivity contribution in [3.8, 4) is 0 Å². The molecule has 1 nitrogen and oxygen atoms in total. The summed E-state index contributed by atoms with van der Waals surface area (Å²) in [5.41, 5.74) is 2.77. The monoisotopic (exact) mass is 269 g/mol. The van der Waals surface area contributed by atoms with Crippen molar-refractivity contribution < 1.29 is 0 Å². The maximum absolute atomic E-state index is 4.73. The lowest BCUT2D eigenvalue weighted by Gasteiger charge is -2.19. The van der Waals surface area contributed by atoms with Crippen LogP contribution in [0.3, 0.4) is 0 Å². The van der Waals surface area contributed by atoms with Gasteiger partial charge in [-0.2, -0.15) is 0 Å². The highest BCUT2D eigenvalue weighted by Gasteiger charge is 2.16. The van der Waals surface area contributed by atoms with Gasteiger partial charge in [0.15, 0.2) is 0 Å². The second kappa shape index (κ2) is 9.08. The Kier molecular flexibility index (Phi) is 8.23. The summed E-state index contributed by atoms with van der Waals surface area (Å²) in [4.78, 5) is 4.73. The quantitative estimate of drug-likeness (QED) is 0.228. The first-order chi connectivity index (χ1) is 9.40. The Hall–Kier alpha value is -1.89. The second-order valence-electron chi connectivity index (χ2n) is 5.47. The first-order valence-corrected chi connectivity index (χ1v) is 6.88. The zero-order valence-electron chi connectivity index (χ0n) is 13.2. The molecule has 0 aromatic heterocycles. The Labute approximate surface area is 124 Å². The van der Waals surface area contributed by atoms with Gasteiger partial charge in [0.1, 0.15) is 0 Å². The van der Waals surface area contributed by atoms with Crippen molar-refractivity contribution in [1.29, 1.82) is 0 Å². The SMILES string of the molecule is C=C/C=C(N=C(C=C)C(C)(C)C)/C(C=C)=C/CCC=C. The topological polar surface area (TPSA) is 12.4 Å². The number of nitrogens with zero attached hydrogens (tertiary/aromatic N) is 1. The summed E-state index contributed by atoms with van der Waals surface area (Å²) < 4.78 is 0. The van der Waals surface area contributed by atoms with Crippen molar-refractivity contribution in [2.75, 3.05) is 0 Å². The molecule has 0 N–H and O–H groups in total. The lowest BCUT2D eigenvalue weighted by Crippen LogP contribution is -2.18. The molecule has 0 aromatic rings. The van der Waals surface area contributed by atoms with Crippen LogP contribution in [0.2, 0.25) is 0 Å². The summed E-state index contributed by atoms with van der Waals surface area (Å²) in [5, 5.41) is 0. The summed E-state index contributed by atoms with van der Waals surface area (Å²) in [6.45, 7) is 21.6. The van der Waals surface area contributed by atoms with Crippen LogP contribution in [0, 0.1) is 5.41 Å². The van der Waals surface area contributed by atoms with Gasteiger partial charge < -0.3 is 0 Å². The molecule has 0 aromatic carbocycles. The highest BCUT2D eigenvalue weighted by molar-refractivity contribution is 5.99. The Morgan fingerprint density at radius 1 is 1.00 bits per heavy atom. The predicted molar refractivity (Wildman–Crippen MR) is 93.1 cm³/mol. The average Bonchev–Trinajstić information content (AvgIpc) is 2.38. The van der Waals surface area contributed by atoms with E-state index < -0.39 is 0 Å². The van der Waals surface area contributed by atoms with E-state index in [4.69, 9.17) is 4.99 Å². The molecule has 0 saturated carbocycles. The Bertz CT molecular complexity index is 451. The van der Waals surface area contributed by atoms with Crippen molar-refractivity contribution >= 4 is 5.71 Å². The van der Waals surface area contributed by atoms with E-state index in [1.165, 1.54) is 0 Å².